The van der Waals surface area contributed by atoms with Gasteiger partial charge < -0.3 is 4.74 Å². The van der Waals surface area contributed by atoms with Gasteiger partial charge in [-0.2, -0.15) is 10.2 Å². The largest absolute Gasteiger partial charge is 0.464 e. The maximum Gasteiger partial charge on any atom is 0.365 e. The summed E-state index contributed by atoms with van der Waals surface area (Å²) in [6.07, 6.45) is 3.79. The van der Waals surface area contributed by atoms with E-state index in [9.17, 15) is 14.9 Å². The molecule has 5 rings (SSSR count). The van der Waals surface area contributed by atoms with Crippen LogP contribution in [0.5, 0.6) is 0 Å². The van der Waals surface area contributed by atoms with Crippen molar-refractivity contribution in [3.63, 3.8) is 0 Å². The molecule has 2 aliphatic heterocycles. The predicted molar refractivity (Wildman–Crippen MR) is 144 cm³/mol. The van der Waals surface area contributed by atoms with Gasteiger partial charge in [0.15, 0.2) is 0 Å². The van der Waals surface area contributed by atoms with Crippen molar-refractivity contribution in [3.8, 4) is 0 Å². The molecule has 0 aliphatic carbocycles. The number of hydrogen-bond donors (Lipinski definition) is 0. The fourth-order valence-corrected chi connectivity index (χ4v) is 5.23. The first kappa shape index (κ1) is 23.8. The Kier molecular flexibility index (Phi) is 6.33. The van der Waals surface area contributed by atoms with Crippen molar-refractivity contribution in [1.82, 2.24) is 0 Å². The molecule has 0 fully saturated rings. The number of hydrazone groups is 2. The summed E-state index contributed by atoms with van der Waals surface area (Å²) in [4.78, 5) is 22.2. The van der Waals surface area contributed by atoms with Gasteiger partial charge >= 0.3 is 5.97 Å². The van der Waals surface area contributed by atoms with Gasteiger partial charge in [0.1, 0.15) is 0 Å². The van der Waals surface area contributed by atoms with E-state index in [1.165, 1.54) is 31.0 Å². The Morgan fingerprint density at radius 2 is 1.61 bits per heavy atom. The van der Waals surface area contributed by atoms with Gasteiger partial charge in [0.2, 0.25) is 10.0 Å². The number of hydrogen-bond acceptors (Lipinski definition) is 9. The van der Waals surface area contributed by atoms with Crippen LogP contribution in [0.15, 0.2) is 106 Å². The summed E-state index contributed by atoms with van der Waals surface area (Å²) < 4.78 is 5.91. The lowest BCUT2D eigenvalue weighted by Gasteiger charge is -2.43. The molecule has 9 nitrogen and oxygen atoms in total. The van der Waals surface area contributed by atoms with Crippen molar-refractivity contribution in [2.24, 2.45) is 10.2 Å². The zero-order chi connectivity index (χ0) is 25.3. The Hall–Kier alpha value is -3.96. The Labute approximate surface area is 219 Å². The molecular formula is C25H18BrN5O4S. The van der Waals surface area contributed by atoms with Crippen molar-refractivity contribution in [2.75, 3.05) is 17.1 Å². The van der Waals surface area contributed by atoms with E-state index in [2.05, 4.69) is 21.0 Å². The fraction of sp³-hybridized carbons (Fsp3) is 0.0800. The molecule has 3 aromatic carbocycles. The van der Waals surface area contributed by atoms with E-state index in [4.69, 9.17) is 9.84 Å². The number of carbonyl (C=O) groups excluding carboxylic acids is 1. The summed E-state index contributed by atoms with van der Waals surface area (Å²) in [5.74, 6) is -0.590. The summed E-state index contributed by atoms with van der Waals surface area (Å²) in [5.41, 5.74) is 2.88. The van der Waals surface area contributed by atoms with Gasteiger partial charge in [-0.15, -0.1) is 0 Å². The smallest absolute Gasteiger partial charge is 0.365 e. The van der Waals surface area contributed by atoms with Crippen LogP contribution >= 0.6 is 27.7 Å². The van der Waals surface area contributed by atoms with Gasteiger partial charge in [0.25, 0.3) is 5.69 Å². The number of nitro benzene ring substituents is 1. The molecule has 11 heteroatoms. The van der Waals surface area contributed by atoms with Crippen LogP contribution in [0.25, 0.3) is 0 Å². The maximum atomic E-state index is 12.5. The van der Waals surface area contributed by atoms with Crippen LogP contribution in [-0.2, 0) is 9.53 Å². The highest BCUT2D eigenvalue weighted by Gasteiger charge is 2.51. The highest BCUT2D eigenvalue weighted by atomic mass is 79.9. The molecule has 0 amide bonds. The quantitative estimate of drug-likeness (QED) is 0.228. The molecule has 0 aromatic heterocycles. The number of para-hydroxylation sites is 1. The Bertz CT molecular complexity index is 1410. The van der Waals surface area contributed by atoms with Crippen LogP contribution in [0.3, 0.4) is 0 Å². The lowest BCUT2D eigenvalue weighted by Crippen LogP contribution is -2.53. The summed E-state index contributed by atoms with van der Waals surface area (Å²) in [5, 5.41) is 24.3. The standard InChI is InChI=1S/C25H18BrN5O4S/c1-35-24(32)23-28-30(20-11-13-21(14-12-20)31(33)34)25(36-23)16-15-22(17-7-9-18(26)10-8-17)27-29(25)19-5-3-2-4-6-19/h2-16H,1H3/t25-/m1/s1. The molecule has 2 heterocycles. The number of non-ortho nitro benzene ring substituents is 1. The predicted octanol–water partition coefficient (Wildman–Crippen LogP) is 5.53. The number of esters is 1. The second-order valence-corrected chi connectivity index (χ2v) is 9.82. The molecule has 1 spiro atoms. The Morgan fingerprint density at radius 3 is 2.25 bits per heavy atom. The van der Waals surface area contributed by atoms with E-state index in [0.29, 0.717) is 11.4 Å². The third-order valence-electron chi connectivity index (χ3n) is 5.52. The summed E-state index contributed by atoms with van der Waals surface area (Å²) in [6, 6.07) is 23.3. The average molecular weight is 564 g/mol. The molecule has 36 heavy (non-hydrogen) atoms. The SMILES string of the molecule is COC(=O)C1=NN(c2ccc([N+](=O)[O-])cc2)[C@]2(C=CC(c3ccc(Br)cc3)=NN2c2ccccc2)S1. The van der Waals surface area contributed by atoms with Crippen LogP contribution in [0.2, 0.25) is 0 Å². The van der Waals surface area contributed by atoms with Gasteiger partial charge in [-0.3, -0.25) is 10.1 Å². The lowest BCUT2D eigenvalue weighted by atomic mass is 10.1. The first-order valence-corrected chi connectivity index (χ1v) is 12.3. The minimum absolute atomic E-state index is 0.0496. The Morgan fingerprint density at radius 1 is 0.972 bits per heavy atom. The molecule has 0 saturated heterocycles. The molecule has 0 radical (unpaired) electrons. The van der Waals surface area contributed by atoms with Gasteiger partial charge in [-0.1, -0.05) is 46.3 Å². The minimum Gasteiger partial charge on any atom is -0.464 e. The molecule has 1 atom stereocenters. The maximum absolute atomic E-state index is 12.5. The number of benzene rings is 3. The topological polar surface area (TPSA) is 101 Å². The molecule has 0 bridgehead atoms. The fourth-order valence-electron chi connectivity index (χ4n) is 3.79. The number of rotatable bonds is 5. The van der Waals surface area contributed by atoms with Crippen molar-refractivity contribution < 1.29 is 14.5 Å². The van der Waals surface area contributed by atoms with Crippen LogP contribution in [-0.4, -0.2) is 33.8 Å². The van der Waals surface area contributed by atoms with E-state index in [1.807, 2.05) is 66.7 Å². The van der Waals surface area contributed by atoms with Crippen LogP contribution < -0.4 is 10.0 Å². The van der Waals surface area contributed by atoms with Crippen LogP contribution in [0.4, 0.5) is 17.1 Å². The Balaban J connectivity index is 1.66. The zero-order valence-electron chi connectivity index (χ0n) is 18.8. The number of nitro groups is 1. The number of nitrogens with zero attached hydrogens (tertiary/aromatic N) is 5. The van der Waals surface area contributed by atoms with Gasteiger partial charge in [-0.25, -0.2) is 14.8 Å². The summed E-state index contributed by atoms with van der Waals surface area (Å²) in [6.45, 7) is 0. The van der Waals surface area contributed by atoms with Crippen LogP contribution in [0, 0.1) is 10.1 Å². The average Bonchev–Trinajstić information content (AvgIpc) is 3.29. The highest BCUT2D eigenvalue weighted by molar-refractivity contribution is 9.10. The first-order chi connectivity index (χ1) is 17.4. The number of halogens is 1. The van der Waals surface area contributed by atoms with Crippen molar-refractivity contribution in [2.45, 2.75) is 4.99 Å². The second kappa shape index (κ2) is 9.59. The van der Waals surface area contributed by atoms with Gasteiger partial charge in [0, 0.05) is 22.2 Å². The molecular weight excluding hydrogens is 546 g/mol. The van der Waals surface area contributed by atoms with Crippen LogP contribution in [0.1, 0.15) is 5.56 Å². The van der Waals surface area contributed by atoms with Crippen molar-refractivity contribution in [1.29, 1.82) is 0 Å². The third-order valence-corrected chi connectivity index (χ3v) is 7.27. The summed E-state index contributed by atoms with van der Waals surface area (Å²) in [7, 11) is 1.29. The molecule has 0 unspecified atom stereocenters. The number of thioether (sulfide) groups is 1. The van der Waals surface area contributed by atoms with E-state index in [1.54, 1.807) is 22.2 Å². The minimum atomic E-state index is -1.11. The van der Waals surface area contributed by atoms with Gasteiger partial charge in [-0.05, 0) is 60.3 Å². The molecule has 0 N–H and O–H groups in total. The number of methoxy groups -OCH3 is 1. The number of carbonyl (C=O) groups is 1. The number of ether oxygens (including phenoxy) is 1. The monoisotopic (exact) mass is 563 g/mol. The molecule has 3 aromatic rings. The number of anilines is 2. The summed E-state index contributed by atoms with van der Waals surface area (Å²) >= 11 is 4.64. The van der Waals surface area contributed by atoms with E-state index in [-0.39, 0.29) is 10.7 Å². The van der Waals surface area contributed by atoms with Crippen molar-refractivity contribution in [3.05, 3.63) is 111 Å². The van der Waals surface area contributed by atoms with E-state index >= 15 is 0 Å². The van der Waals surface area contributed by atoms with Crippen molar-refractivity contribution >= 4 is 61.5 Å². The highest BCUT2D eigenvalue weighted by Crippen LogP contribution is 2.48. The van der Waals surface area contributed by atoms with Gasteiger partial charge in [0.05, 0.1) is 29.1 Å². The molecule has 180 valence electrons. The van der Waals surface area contributed by atoms with E-state index < -0.39 is 15.9 Å². The number of allylic oxidation sites excluding steroid dienone is 1. The lowest BCUT2D eigenvalue weighted by molar-refractivity contribution is -0.384. The molecule has 0 saturated carbocycles. The second-order valence-electron chi connectivity index (χ2n) is 7.72. The zero-order valence-corrected chi connectivity index (χ0v) is 21.2. The first-order valence-electron chi connectivity index (χ1n) is 10.7. The molecule has 2 aliphatic rings. The van der Waals surface area contributed by atoms with E-state index in [0.717, 1.165) is 15.7 Å². The third kappa shape index (κ3) is 4.27. The normalized spacial score (nSPS) is 18.7.